The van der Waals surface area contributed by atoms with Crippen molar-refractivity contribution in [2.45, 2.75) is 193 Å². The number of likely N-dealkylation sites (N-methyl/N-ethyl adjacent to an activating group) is 1. The van der Waals surface area contributed by atoms with Gasteiger partial charge in [-0.1, -0.05) is 154 Å². The van der Waals surface area contributed by atoms with E-state index in [9.17, 15) is 14.3 Å². The fourth-order valence-electron chi connectivity index (χ4n) is 5.73. The van der Waals surface area contributed by atoms with E-state index < -0.39 is 13.9 Å². The SMILES string of the molecule is CCCC/C=C/CCCCCCCCCCCC(=O)O[C@H](CO/C=C/CCCCCCCCCCCCCC)COP(=O)(O)OCC[N+](C)(C)C. The highest BCUT2D eigenvalue weighted by atomic mass is 31.2. The van der Waals surface area contributed by atoms with E-state index >= 15 is 0 Å². The van der Waals surface area contributed by atoms with Crippen molar-refractivity contribution in [3.63, 3.8) is 0 Å². The first-order valence-corrected chi connectivity index (χ1v) is 22.6. The fraction of sp³-hybridized carbons (Fsp3) is 0.881. The predicted molar refractivity (Wildman–Crippen MR) is 215 cm³/mol. The minimum absolute atomic E-state index is 0.0503. The lowest BCUT2D eigenvalue weighted by Gasteiger charge is -2.24. The average molecular weight is 745 g/mol. The van der Waals surface area contributed by atoms with E-state index in [1.807, 2.05) is 27.2 Å². The van der Waals surface area contributed by atoms with Crippen molar-refractivity contribution in [2.24, 2.45) is 0 Å². The Morgan fingerprint density at radius 1 is 0.608 bits per heavy atom. The van der Waals surface area contributed by atoms with Crippen LogP contribution in [0.4, 0.5) is 0 Å². The molecule has 0 fully saturated rings. The number of hydrogen-bond acceptors (Lipinski definition) is 6. The van der Waals surface area contributed by atoms with Gasteiger partial charge in [0.1, 0.15) is 19.8 Å². The third-order valence-electron chi connectivity index (χ3n) is 9.08. The average Bonchev–Trinajstić information content (AvgIpc) is 3.08. The number of carbonyl (C=O) groups excluding carboxylic acids is 1. The van der Waals surface area contributed by atoms with Crippen LogP contribution >= 0.6 is 7.82 Å². The van der Waals surface area contributed by atoms with Crippen LogP contribution in [0.1, 0.15) is 187 Å². The van der Waals surface area contributed by atoms with Gasteiger partial charge in [-0.15, -0.1) is 0 Å². The summed E-state index contributed by atoms with van der Waals surface area (Å²) in [6, 6.07) is 0. The third kappa shape index (κ3) is 39.9. The molecule has 0 aliphatic heterocycles. The van der Waals surface area contributed by atoms with Crippen LogP contribution in [0, 0.1) is 0 Å². The van der Waals surface area contributed by atoms with Crippen molar-refractivity contribution in [1.82, 2.24) is 0 Å². The van der Waals surface area contributed by atoms with Crippen molar-refractivity contribution < 1.29 is 37.3 Å². The van der Waals surface area contributed by atoms with Crippen LogP contribution in [0.3, 0.4) is 0 Å². The summed E-state index contributed by atoms with van der Waals surface area (Å²) in [5.74, 6) is -0.338. The summed E-state index contributed by atoms with van der Waals surface area (Å²) in [5, 5.41) is 0. The van der Waals surface area contributed by atoms with Crippen LogP contribution in [0.15, 0.2) is 24.5 Å². The third-order valence-corrected chi connectivity index (χ3v) is 10.1. The Labute approximate surface area is 315 Å². The zero-order valence-corrected chi connectivity index (χ0v) is 35.0. The van der Waals surface area contributed by atoms with Gasteiger partial charge in [0.25, 0.3) is 0 Å². The van der Waals surface area contributed by atoms with Gasteiger partial charge in [-0.2, -0.15) is 0 Å². The number of unbranched alkanes of at least 4 members (excludes halogenated alkanes) is 23. The van der Waals surface area contributed by atoms with Crippen LogP contribution in [-0.2, 0) is 27.9 Å². The van der Waals surface area contributed by atoms with E-state index in [-0.39, 0.29) is 25.8 Å². The Kier molecular flexibility index (Phi) is 35.0. The van der Waals surface area contributed by atoms with Gasteiger partial charge in [0.15, 0.2) is 6.10 Å². The molecule has 0 radical (unpaired) electrons. The van der Waals surface area contributed by atoms with Gasteiger partial charge in [0.2, 0.25) is 0 Å². The lowest BCUT2D eigenvalue weighted by atomic mass is 10.0. The Morgan fingerprint density at radius 2 is 1.06 bits per heavy atom. The van der Waals surface area contributed by atoms with Gasteiger partial charge in [-0.3, -0.25) is 13.8 Å². The maximum Gasteiger partial charge on any atom is 0.472 e. The number of allylic oxidation sites excluding steroid dienone is 3. The Bertz CT molecular complexity index is 874. The molecule has 0 rings (SSSR count). The summed E-state index contributed by atoms with van der Waals surface area (Å²) < 4.78 is 34.7. The quantitative estimate of drug-likeness (QED) is 0.0167. The van der Waals surface area contributed by atoms with Crippen LogP contribution in [0.5, 0.6) is 0 Å². The molecule has 1 unspecified atom stereocenters. The minimum atomic E-state index is -4.28. The van der Waals surface area contributed by atoms with Crippen LogP contribution in [0.25, 0.3) is 0 Å². The molecule has 0 saturated heterocycles. The Hall–Kier alpha value is -1.18. The van der Waals surface area contributed by atoms with Gasteiger partial charge < -0.3 is 18.9 Å². The van der Waals surface area contributed by atoms with Gasteiger partial charge in [-0.05, 0) is 44.6 Å². The Balaban J connectivity index is 4.30. The molecule has 0 amide bonds. The second-order valence-corrected chi connectivity index (χ2v) is 16.9. The molecule has 0 aromatic carbocycles. The number of carbonyl (C=O) groups is 1. The fourth-order valence-corrected chi connectivity index (χ4v) is 6.48. The molecule has 8 nitrogen and oxygen atoms in total. The highest BCUT2D eigenvalue weighted by Gasteiger charge is 2.26. The van der Waals surface area contributed by atoms with Gasteiger partial charge in [-0.25, -0.2) is 4.57 Å². The molecule has 0 saturated carbocycles. The largest absolute Gasteiger partial charge is 0.498 e. The van der Waals surface area contributed by atoms with Gasteiger partial charge >= 0.3 is 13.8 Å². The summed E-state index contributed by atoms with van der Waals surface area (Å²) >= 11 is 0. The molecule has 0 aromatic heterocycles. The van der Waals surface area contributed by atoms with Crippen LogP contribution in [0.2, 0.25) is 0 Å². The molecule has 9 heteroatoms. The van der Waals surface area contributed by atoms with Gasteiger partial charge in [0.05, 0.1) is 34.0 Å². The highest BCUT2D eigenvalue weighted by molar-refractivity contribution is 7.47. The second kappa shape index (κ2) is 35.8. The van der Waals surface area contributed by atoms with Crippen molar-refractivity contribution in [1.29, 1.82) is 0 Å². The van der Waals surface area contributed by atoms with Crippen LogP contribution < -0.4 is 0 Å². The molecule has 51 heavy (non-hydrogen) atoms. The van der Waals surface area contributed by atoms with Gasteiger partial charge in [0, 0.05) is 6.42 Å². The van der Waals surface area contributed by atoms with Crippen LogP contribution in [-0.4, -0.2) is 69.0 Å². The van der Waals surface area contributed by atoms with Crippen molar-refractivity contribution in [2.75, 3.05) is 47.5 Å². The van der Waals surface area contributed by atoms with Crippen molar-refractivity contribution >= 4 is 13.8 Å². The number of rotatable bonds is 39. The summed E-state index contributed by atoms with van der Waals surface area (Å²) in [5.41, 5.74) is 0. The monoisotopic (exact) mass is 745 g/mol. The molecule has 0 heterocycles. The minimum Gasteiger partial charge on any atom is -0.498 e. The maximum absolute atomic E-state index is 12.6. The maximum atomic E-state index is 12.6. The number of phosphoric ester groups is 1. The highest BCUT2D eigenvalue weighted by Crippen LogP contribution is 2.43. The summed E-state index contributed by atoms with van der Waals surface area (Å²) in [6.07, 6.45) is 40.1. The second-order valence-electron chi connectivity index (χ2n) is 15.4. The lowest BCUT2D eigenvalue weighted by molar-refractivity contribution is -0.870. The number of esters is 1. The molecule has 0 aliphatic carbocycles. The number of phosphoric acid groups is 1. The molecule has 0 bridgehead atoms. The van der Waals surface area contributed by atoms with E-state index in [0.717, 1.165) is 32.1 Å². The Morgan fingerprint density at radius 3 is 1.57 bits per heavy atom. The molecular weight excluding hydrogens is 661 g/mol. The lowest BCUT2D eigenvalue weighted by Crippen LogP contribution is -2.37. The number of hydrogen-bond donors (Lipinski definition) is 1. The van der Waals surface area contributed by atoms with E-state index in [0.29, 0.717) is 17.4 Å². The first-order valence-electron chi connectivity index (χ1n) is 21.1. The molecule has 0 spiro atoms. The zero-order chi connectivity index (χ0) is 37.7. The molecule has 0 aliphatic rings. The molecule has 0 aromatic rings. The number of quaternary nitrogens is 1. The normalized spacial score (nSPS) is 14.0. The topological polar surface area (TPSA) is 91.3 Å². The molecular formula is C42H83NO7P+. The van der Waals surface area contributed by atoms with E-state index in [4.69, 9.17) is 18.5 Å². The number of nitrogens with zero attached hydrogens (tertiary/aromatic N) is 1. The van der Waals surface area contributed by atoms with Crippen molar-refractivity contribution in [3.8, 4) is 0 Å². The van der Waals surface area contributed by atoms with E-state index in [1.54, 1.807) is 6.26 Å². The summed E-state index contributed by atoms with van der Waals surface area (Å²) in [4.78, 5) is 22.8. The first-order chi connectivity index (χ1) is 24.6. The first kappa shape index (κ1) is 49.8. The molecule has 302 valence electrons. The van der Waals surface area contributed by atoms with E-state index in [2.05, 4.69) is 26.0 Å². The van der Waals surface area contributed by atoms with E-state index in [1.165, 1.54) is 135 Å². The van der Waals surface area contributed by atoms with Crippen molar-refractivity contribution in [3.05, 3.63) is 24.5 Å². The smallest absolute Gasteiger partial charge is 0.472 e. The standard InChI is InChI=1S/C42H82NO7P/c1-6-8-10-12-14-16-18-20-22-23-25-27-29-31-33-35-42(44)50-41(40-49-51(45,46)48-38-36-43(3,4)5)39-47-37-34-32-30-28-26-24-21-19-17-15-13-11-9-7-2/h12,14,34,37,41H,6-11,13,15-33,35-36,38-40H2,1-5H3/p+1/b14-12+,37-34+/t41-/m1/s1. The summed E-state index contributed by atoms with van der Waals surface area (Å²) in [6.45, 7) is 4.91. The molecule has 1 N–H and O–H groups in total. The zero-order valence-electron chi connectivity index (χ0n) is 34.1. The molecule has 2 atom stereocenters. The summed E-state index contributed by atoms with van der Waals surface area (Å²) in [7, 11) is 1.64. The predicted octanol–water partition coefficient (Wildman–Crippen LogP) is 12.4. The number of ether oxygens (including phenoxy) is 2.